The summed E-state index contributed by atoms with van der Waals surface area (Å²) in [5.74, 6) is 2.37. The molecule has 1 saturated heterocycles. The van der Waals surface area contributed by atoms with Crippen molar-refractivity contribution in [3.8, 4) is 0 Å². The Balaban J connectivity index is 1.42. The zero-order chi connectivity index (χ0) is 14.9. The second-order valence-corrected chi connectivity index (χ2v) is 8.13. The Hall–Kier alpha value is -1.27. The van der Waals surface area contributed by atoms with Gasteiger partial charge in [0.05, 0.1) is 0 Å². The van der Waals surface area contributed by atoms with Crippen LogP contribution in [0.4, 0.5) is 0 Å². The Bertz CT molecular complexity index is 649. The first-order chi connectivity index (χ1) is 10.8. The first kappa shape index (κ1) is 14.3. The highest BCUT2D eigenvalue weighted by atomic mass is 32.2. The van der Waals surface area contributed by atoms with Crippen LogP contribution in [0.25, 0.3) is 0 Å². The van der Waals surface area contributed by atoms with Crippen LogP contribution >= 0.6 is 23.1 Å². The number of hydrogen-bond acceptors (Lipinski definition) is 5. The summed E-state index contributed by atoms with van der Waals surface area (Å²) in [6.07, 6.45) is 3.32. The van der Waals surface area contributed by atoms with Gasteiger partial charge in [0, 0.05) is 41.0 Å². The Kier molecular flexibility index (Phi) is 3.96. The number of rotatable bonds is 3. The number of hydrogen-bond donors (Lipinski definition) is 0. The Labute approximate surface area is 137 Å². The van der Waals surface area contributed by atoms with Gasteiger partial charge in [-0.05, 0) is 30.7 Å². The molecule has 1 amide bonds. The number of carbonyl (C=O) groups excluding carboxylic acids is 1. The summed E-state index contributed by atoms with van der Waals surface area (Å²) in [7, 11) is 0. The number of nitrogens with zero attached hydrogens (tertiary/aromatic N) is 2. The fourth-order valence-corrected chi connectivity index (χ4v) is 5.02. The molecule has 3 heterocycles. The van der Waals surface area contributed by atoms with Crippen molar-refractivity contribution in [2.24, 2.45) is 0 Å². The SMILES string of the molecule is O=C(c1cc(C2CC2)on1)N1CCS[C@H](c2cccs2)CC1. The molecule has 4 rings (SSSR count). The van der Waals surface area contributed by atoms with Gasteiger partial charge in [-0.1, -0.05) is 11.2 Å². The molecule has 2 aromatic heterocycles. The first-order valence-corrected chi connectivity index (χ1v) is 9.65. The molecule has 22 heavy (non-hydrogen) atoms. The van der Waals surface area contributed by atoms with Crippen LogP contribution in [-0.2, 0) is 0 Å². The summed E-state index contributed by atoms with van der Waals surface area (Å²) < 4.78 is 5.31. The molecule has 0 spiro atoms. The van der Waals surface area contributed by atoms with Gasteiger partial charge < -0.3 is 9.42 Å². The average Bonchev–Trinajstić information content (AvgIpc) is 3.11. The van der Waals surface area contributed by atoms with Crippen molar-refractivity contribution in [3.05, 3.63) is 39.9 Å². The molecule has 1 aliphatic carbocycles. The second-order valence-electron chi connectivity index (χ2n) is 5.84. The number of thiophene rings is 1. The van der Waals surface area contributed by atoms with E-state index in [1.807, 2.05) is 22.7 Å². The van der Waals surface area contributed by atoms with E-state index < -0.39 is 0 Å². The maximum absolute atomic E-state index is 12.6. The molecule has 0 radical (unpaired) electrons. The van der Waals surface area contributed by atoms with Crippen LogP contribution in [0, 0.1) is 0 Å². The van der Waals surface area contributed by atoms with Gasteiger partial charge in [-0.25, -0.2) is 0 Å². The third kappa shape index (κ3) is 2.94. The molecule has 1 atom stereocenters. The minimum absolute atomic E-state index is 0.0167. The van der Waals surface area contributed by atoms with Crippen LogP contribution in [0.5, 0.6) is 0 Å². The van der Waals surface area contributed by atoms with Crippen molar-refractivity contribution < 1.29 is 9.32 Å². The fraction of sp³-hybridized carbons (Fsp3) is 0.500. The highest BCUT2D eigenvalue weighted by molar-refractivity contribution is 7.99. The molecule has 1 aliphatic heterocycles. The van der Waals surface area contributed by atoms with Gasteiger partial charge in [-0.15, -0.1) is 11.3 Å². The number of carbonyl (C=O) groups is 1. The molecule has 2 aromatic rings. The van der Waals surface area contributed by atoms with Crippen LogP contribution in [0.15, 0.2) is 28.1 Å². The van der Waals surface area contributed by atoms with Gasteiger partial charge in [0.1, 0.15) is 5.76 Å². The predicted molar refractivity (Wildman–Crippen MR) is 88.5 cm³/mol. The summed E-state index contributed by atoms with van der Waals surface area (Å²) in [6, 6.07) is 6.14. The van der Waals surface area contributed by atoms with Gasteiger partial charge in [0.25, 0.3) is 5.91 Å². The normalized spacial score (nSPS) is 22.5. The van der Waals surface area contributed by atoms with Crippen LogP contribution < -0.4 is 0 Å². The minimum Gasteiger partial charge on any atom is -0.360 e. The van der Waals surface area contributed by atoms with E-state index in [1.54, 1.807) is 11.3 Å². The smallest absolute Gasteiger partial charge is 0.276 e. The molecule has 0 bridgehead atoms. The molecule has 116 valence electrons. The standard InChI is InChI=1S/C16H18N2O2S2/c19-16(12-10-13(20-17-12)11-3-4-11)18-6-5-15(22-9-7-18)14-2-1-8-21-14/h1-2,8,10-11,15H,3-7,9H2/t15-/m0/s1. The van der Waals surface area contributed by atoms with E-state index in [1.165, 1.54) is 4.88 Å². The third-order valence-corrected chi connectivity index (χ3v) is 6.66. The molecule has 1 saturated carbocycles. The number of aromatic nitrogens is 1. The van der Waals surface area contributed by atoms with Gasteiger partial charge in [0.15, 0.2) is 5.69 Å². The molecule has 6 heteroatoms. The van der Waals surface area contributed by atoms with E-state index in [0.29, 0.717) is 16.9 Å². The van der Waals surface area contributed by atoms with E-state index in [0.717, 1.165) is 43.9 Å². The lowest BCUT2D eigenvalue weighted by Crippen LogP contribution is -2.33. The molecule has 0 N–H and O–H groups in total. The van der Waals surface area contributed by atoms with Crippen LogP contribution in [0.1, 0.15) is 51.6 Å². The lowest BCUT2D eigenvalue weighted by molar-refractivity contribution is 0.0756. The van der Waals surface area contributed by atoms with Crippen molar-refractivity contribution in [1.82, 2.24) is 10.1 Å². The average molecular weight is 334 g/mol. The van der Waals surface area contributed by atoms with Gasteiger partial charge in [0.2, 0.25) is 0 Å². The van der Waals surface area contributed by atoms with Crippen molar-refractivity contribution in [3.63, 3.8) is 0 Å². The Morgan fingerprint density at radius 1 is 1.32 bits per heavy atom. The Morgan fingerprint density at radius 3 is 3.00 bits per heavy atom. The zero-order valence-electron chi connectivity index (χ0n) is 12.2. The lowest BCUT2D eigenvalue weighted by atomic mass is 10.2. The van der Waals surface area contributed by atoms with E-state index in [2.05, 4.69) is 22.7 Å². The van der Waals surface area contributed by atoms with Gasteiger partial charge in [-0.2, -0.15) is 11.8 Å². The highest BCUT2D eigenvalue weighted by Gasteiger charge is 2.30. The monoisotopic (exact) mass is 334 g/mol. The van der Waals surface area contributed by atoms with Crippen molar-refractivity contribution in [1.29, 1.82) is 0 Å². The van der Waals surface area contributed by atoms with Crippen molar-refractivity contribution >= 4 is 29.0 Å². The molecule has 0 unspecified atom stereocenters. The summed E-state index contributed by atoms with van der Waals surface area (Å²) in [6.45, 7) is 1.58. The van der Waals surface area contributed by atoms with Crippen LogP contribution in [0.2, 0.25) is 0 Å². The molecule has 2 aliphatic rings. The summed E-state index contributed by atoms with van der Waals surface area (Å²) in [5.41, 5.74) is 0.474. The van der Waals surface area contributed by atoms with Gasteiger partial charge in [-0.3, -0.25) is 4.79 Å². The van der Waals surface area contributed by atoms with E-state index >= 15 is 0 Å². The quantitative estimate of drug-likeness (QED) is 0.853. The zero-order valence-corrected chi connectivity index (χ0v) is 13.9. The van der Waals surface area contributed by atoms with Crippen molar-refractivity contribution in [2.75, 3.05) is 18.8 Å². The summed E-state index contributed by atoms with van der Waals surface area (Å²) >= 11 is 3.76. The summed E-state index contributed by atoms with van der Waals surface area (Å²) in [4.78, 5) is 15.9. The van der Waals surface area contributed by atoms with Gasteiger partial charge >= 0.3 is 0 Å². The topological polar surface area (TPSA) is 46.3 Å². The minimum atomic E-state index is 0.0167. The number of thioether (sulfide) groups is 1. The lowest BCUT2D eigenvalue weighted by Gasteiger charge is -2.18. The molecule has 2 fully saturated rings. The van der Waals surface area contributed by atoms with E-state index in [9.17, 15) is 4.79 Å². The first-order valence-electron chi connectivity index (χ1n) is 7.72. The van der Waals surface area contributed by atoms with E-state index in [4.69, 9.17) is 4.52 Å². The van der Waals surface area contributed by atoms with Crippen LogP contribution in [0.3, 0.4) is 0 Å². The maximum Gasteiger partial charge on any atom is 0.276 e. The largest absolute Gasteiger partial charge is 0.360 e. The summed E-state index contributed by atoms with van der Waals surface area (Å²) in [5, 5.41) is 6.62. The Morgan fingerprint density at radius 2 is 2.23 bits per heavy atom. The number of amides is 1. The third-order valence-electron chi connectivity index (χ3n) is 4.22. The molecular formula is C16H18N2O2S2. The fourth-order valence-electron chi connectivity index (χ4n) is 2.79. The molecule has 0 aromatic carbocycles. The van der Waals surface area contributed by atoms with Crippen LogP contribution in [-0.4, -0.2) is 34.8 Å². The van der Waals surface area contributed by atoms with E-state index in [-0.39, 0.29) is 5.91 Å². The molecular weight excluding hydrogens is 316 g/mol. The predicted octanol–water partition coefficient (Wildman–Crippen LogP) is 3.93. The van der Waals surface area contributed by atoms with Crippen molar-refractivity contribution in [2.45, 2.75) is 30.4 Å². The maximum atomic E-state index is 12.6. The highest BCUT2D eigenvalue weighted by Crippen LogP contribution is 2.40. The molecule has 4 nitrogen and oxygen atoms in total. The second kappa shape index (κ2) is 6.08.